The van der Waals surface area contributed by atoms with Crippen LogP contribution in [0.15, 0.2) is 24.3 Å². The Morgan fingerprint density at radius 1 is 1.35 bits per heavy atom. The van der Waals surface area contributed by atoms with Crippen molar-refractivity contribution in [2.75, 3.05) is 6.61 Å². The van der Waals surface area contributed by atoms with Crippen LogP contribution in [-0.2, 0) is 11.2 Å². The van der Waals surface area contributed by atoms with Gasteiger partial charge in [0.15, 0.2) is 0 Å². The Balaban J connectivity index is 2.39. The predicted molar refractivity (Wildman–Crippen MR) is 78.9 cm³/mol. The molecule has 112 valence electrons. The first-order valence-electron chi connectivity index (χ1n) is 7.25. The van der Waals surface area contributed by atoms with Crippen molar-refractivity contribution in [1.82, 2.24) is 5.06 Å². The van der Waals surface area contributed by atoms with Crippen LogP contribution in [0.4, 0.5) is 0 Å². The molecule has 0 unspecified atom stereocenters. The molecule has 0 radical (unpaired) electrons. The minimum Gasteiger partial charge on any atom is -0.494 e. The van der Waals surface area contributed by atoms with Gasteiger partial charge in [-0.1, -0.05) is 25.5 Å². The fourth-order valence-electron chi connectivity index (χ4n) is 1.89. The molecule has 4 heteroatoms. The van der Waals surface area contributed by atoms with Crippen LogP contribution in [0.1, 0.15) is 45.6 Å². The highest BCUT2D eigenvalue weighted by atomic mass is 16.5. The van der Waals surface area contributed by atoms with Gasteiger partial charge in [-0.2, -0.15) is 0 Å². The van der Waals surface area contributed by atoms with E-state index in [0.717, 1.165) is 43.1 Å². The van der Waals surface area contributed by atoms with Gasteiger partial charge in [-0.3, -0.25) is 10.0 Å². The molecule has 1 rings (SSSR count). The van der Waals surface area contributed by atoms with E-state index in [4.69, 9.17) is 4.74 Å². The molecular formula is C16H25NO3. The van der Waals surface area contributed by atoms with Crippen molar-refractivity contribution < 1.29 is 14.7 Å². The first-order chi connectivity index (χ1) is 9.54. The van der Waals surface area contributed by atoms with Gasteiger partial charge in [-0.05, 0) is 43.9 Å². The number of amides is 1. The third kappa shape index (κ3) is 5.61. The molecule has 0 saturated heterocycles. The van der Waals surface area contributed by atoms with E-state index in [9.17, 15) is 10.0 Å². The summed E-state index contributed by atoms with van der Waals surface area (Å²) >= 11 is 0. The van der Waals surface area contributed by atoms with Crippen LogP contribution in [0.25, 0.3) is 0 Å². The van der Waals surface area contributed by atoms with E-state index in [0.29, 0.717) is 0 Å². The molecule has 0 bridgehead atoms. The Morgan fingerprint density at radius 3 is 2.55 bits per heavy atom. The van der Waals surface area contributed by atoms with Gasteiger partial charge in [0.25, 0.3) is 0 Å². The predicted octanol–water partition coefficient (Wildman–Crippen LogP) is 3.42. The molecule has 0 saturated carbocycles. The van der Waals surface area contributed by atoms with Crippen molar-refractivity contribution >= 4 is 5.91 Å². The smallest absolute Gasteiger partial charge is 0.243 e. The molecule has 1 amide bonds. The van der Waals surface area contributed by atoms with Gasteiger partial charge in [0.1, 0.15) is 5.75 Å². The lowest BCUT2D eigenvalue weighted by atomic mass is 10.1. The number of carbonyl (C=O) groups is 1. The van der Waals surface area contributed by atoms with Crippen molar-refractivity contribution in [1.29, 1.82) is 0 Å². The number of carbonyl (C=O) groups excluding carboxylic acids is 1. The van der Waals surface area contributed by atoms with E-state index in [1.54, 1.807) is 0 Å². The number of hydrogen-bond donors (Lipinski definition) is 1. The molecular weight excluding hydrogens is 254 g/mol. The lowest BCUT2D eigenvalue weighted by Crippen LogP contribution is -2.34. The van der Waals surface area contributed by atoms with Crippen molar-refractivity contribution in [3.05, 3.63) is 29.8 Å². The molecule has 0 aromatic heterocycles. The van der Waals surface area contributed by atoms with Crippen molar-refractivity contribution in [3.63, 3.8) is 0 Å². The highest BCUT2D eigenvalue weighted by molar-refractivity contribution is 5.72. The fraction of sp³-hybridized carbons (Fsp3) is 0.562. The Labute approximate surface area is 121 Å². The fourth-order valence-corrected chi connectivity index (χ4v) is 1.89. The zero-order valence-corrected chi connectivity index (χ0v) is 12.6. The topological polar surface area (TPSA) is 49.8 Å². The SMILES string of the molecule is CCCCOc1ccc(CC[C@@H](C)N(O)C(C)=O)cc1. The summed E-state index contributed by atoms with van der Waals surface area (Å²) in [6.07, 6.45) is 3.74. The molecule has 1 N–H and O–H groups in total. The van der Waals surface area contributed by atoms with Gasteiger partial charge in [0.05, 0.1) is 12.6 Å². The van der Waals surface area contributed by atoms with Crippen molar-refractivity contribution in [3.8, 4) is 5.75 Å². The molecule has 0 aliphatic carbocycles. The molecule has 0 heterocycles. The quantitative estimate of drug-likeness (QED) is 0.450. The molecule has 0 aliphatic heterocycles. The summed E-state index contributed by atoms with van der Waals surface area (Å²) in [5.74, 6) is 0.569. The van der Waals surface area contributed by atoms with Crippen LogP contribution in [0.2, 0.25) is 0 Å². The standard InChI is InChI=1S/C16H25NO3/c1-4-5-12-20-16-10-8-15(9-11-16)7-6-13(2)17(19)14(3)18/h8-11,13,19H,4-7,12H2,1-3H3/t13-/m1/s1. The lowest BCUT2D eigenvalue weighted by molar-refractivity contribution is -0.172. The first-order valence-corrected chi connectivity index (χ1v) is 7.25. The summed E-state index contributed by atoms with van der Waals surface area (Å²) < 4.78 is 5.60. The minimum absolute atomic E-state index is 0.173. The maximum Gasteiger partial charge on any atom is 0.243 e. The van der Waals surface area contributed by atoms with E-state index in [1.165, 1.54) is 12.5 Å². The summed E-state index contributed by atoms with van der Waals surface area (Å²) in [7, 11) is 0. The molecule has 0 aliphatic rings. The highest BCUT2D eigenvalue weighted by Gasteiger charge is 2.13. The van der Waals surface area contributed by atoms with Crippen molar-refractivity contribution in [2.45, 2.75) is 52.5 Å². The summed E-state index contributed by atoms with van der Waals surface area (Å²) in [5, 5.41) is 10.3. The van der Waals surface area contributed by atoms with Crippen LogP contribution in [0.5, 0.6) is 5.75 Å². The Hall–Kier alpha value is -1.55. The molecule has 1 aromatic carbocycles. The summed E-state index contributed by atoms with van der Waals surface area (Å²) in [5.41, 5.74) is 1.18. The molecule has 0 spiro atoms. The second-order valence-electron chi connectivity index (χ2n) is 5.10. The maximum absolute atomic E-state index is 11.0. The first kappa shape index (κ1) is 16.5. The number of hydroxylamine groups is 2. The lowest BCUT2D eigenvalue weighted by Gasteiger charge is -2.20. The number of aryl methyl sites for hydroxylation is 1. The number of rotatable bonds is 8. The van der Waals surface area contributed by atoms with Crippen LogP contribution in [-0.4, -0.2) is 28.8 Å². The number of ether oxygens (including phenoxy) is 1. The molecule has 4 nitrogen and oxygen atoms in total. The van der Waals surface area contributed by atoms with Crippen LogP contribution >= 0.6 is 0 Å². The van der Waals surface area contributed by atoms with Gasteiger partial charge < -0.3 is 4.74 Å². The van der Waals surface area contributed by atoms with Crippen LogP contribution in [0, 0.1) is 0 Å². The van der Waals surface area contributed by atoms with Gasteiger partial charge in [0.2, 0.25) is 5.91 Å². The number of benzene rings is 1. The van der Waals surface area contributed by atoms with E-state index in [2.05, 4.69) is 6.92 Å². The van der Waals surface area contributed by atoms with Gasteiger partial charge in [0, 0.05) is 6.92 Å². The normalized spacial score (nSPS) is 12.0. The molecule has 1 aromatic rings. The van der Waals surface area contributed by atoms with E-state index in [1.807, 2.05) is 31.2 Å². The van der Waals surface area contributed by atoms with Gasteiger partial charge >= 0.3 is 0 Å². The minimum atomic E-state index is -0.322. The van der Waals surface area contributed by atoms with Crippen molar-refractivity contribution in [2.24, 2.45) is 0 Å². The van der Waals surface area contributed by atoms with E-state index < -0.39 is 0 Å². The van der Waals surface area contributed by atoms with E-state index in [-0.39, 0.29) is 11.9 Å². The van der Waals surface area contributed by atoms with Gasteiger partial charge in [-0.15, -0.1) is 0 Å². The largest absolute Gasteiger partial charge is 0.494 e. The molecule has 0 fully saturated rings. The average molecular weight is 279 g/mol. The molecule has 20 heavy (non-hydrogen) atoms. The highest BCUT2D eigenvalue weighted by Crippen LogP contribution is 2.15. The number of nitrogens with zero attached hydrogens (tertiary/aromatic N) is 1. The Morgan fingerprint density at radius 2 is 2.00 bits per heavy atom. The number of hydrogen-bond acceptors (Lipinski definition) is 3. The second kappa shape index (κ2) is 8.59. The van der Waals surface area contributed by atoms with Crippen LogP contribution in [0.3, 0.4) is 0 Å². The zero-order chi connectivity index (χ0) is 15.0. The molecule has 1 atom stereocenters. The van der Waals surface area contributed by atoms with Gasteiger partial charge in [-0.25, -0.2) is 5.06 Å². The Bertz CT molecular complexity index is 403. The zero-order valence-electron chi connectivity index (χ0n) is 12.6. The third-order valence-corrected chi connectivity index (χ3v) is 3.28. The summed E-state index contributed by atoms with van der Waals surface area (Å²) in [6.45, 7) is 6.09. The number of unbranched alkanes of at least 4 members (excludes halogenated alkanes) is 1. The summed E-state index contributed by atoms with van der Waals surface area (Å²) in [6, 6.07) is 7.83. The van der Waals surface area contributed by atoms with Crippen LogP contribution < -0.4 is 4.74 Å². The maximum atomic E-state index is 11.0. The Kier molecular flexibility index (Phi) is 7.09. The summed E-state index contributed by atoms with van der Waals surface area (Å²) in [4.78, 5) is 11.0. The monoisotopic (exact) mass is 279 g/mol. The average Bonchev–Trinajstić information content (AvgIpc) is 2.45. The third-order valence-electron chi connectivity index (χ3n) is 3.28. The van der Waals surface area contributed by atoms with E-state index >= 15 is 0 Å². The second-order valence-corrected chi connectivity index (χ2v) is 5.10.